The van der Waals surface area contributed by atoms with Crippen molar-refractivity contribution in [3.63, 3.8) is 0 Å². The van der Waals surface area contributed by atoms with Crippen LogP contribution >= 0.6 is 33.3 Å². The van der Waals surface area contributed by atoms with E-state index in [4.69, 9.17) is 0 Å². The van der Waals surface area contributed by atoms with E-state index in [2.05, 4.69) is 13.5 Å². The molecule has 9 heavy (non-hydrogen) atoms. The van der Waals surface area contributed by atoms with Crippen LogP contribution in [0, 0.1) is 0 Å². The quantitative estimate of drug-likeness (QED) is 0.470. The topological polar surface area (TPSA) is 0 Å². The molecule has 52 valence electrons. The third-order valence-corrected chi connectivity index (χ3v) is 6.84. The molecule has 0 aliphatic carbocycles. The van der Waals surface area contributed by atoms with Crippen molar-refractivity contribution in [2.45, 2.75) is 22.5 Å². The highest BCUT2D eigenvalue weighted by Gasteiger charge is 2.22. The Labute approximate surface area is 68.6 Å². The summed E-state index contributed by atoms with van der Waals surface area (Å²) in [4.78, 5) is 0. The first kappa shape index (κ1) is 7.89. The van der Waals surface area contributed by atoms with Gasteiger partial charge < -0.3 is 0 Å². The highest BCUT2D eigenvalue weighted by molar-refractivity contribution is 8.83. The highest BCUT2D eigenvalue weighted by Crippen LogP contribution is 2.52. The van der Waals surface area contributed by atoms with Gasteiger partial charge in [-0.15, -0.1) is 18.3 Å². The average Bonchev–Trinajstić information content (AvgIpc) is 2.34. The fourth-order valence-electron chi connectivity index (χ4n) is 0.571. The van der Waals surface area contributed by atoms with E-state index in [0.717, 1.165) is 4.58 Å². The zero-order chi connectivity index (χ0) is 6.69. The number of thioether (sulfide) groups is 1. The molecule has 0 aromatic carbocycles. The van der Waals surface area contributed by atoms with E-state index < -0.39 is 0 Å². The molecule has 0 aromatic heterocycles. The molecule has 0 aromatic rings. The van der Waals surface area contributed by atoms with Crippen molar-refractivity contribution < 1.29 is 0 Å². The van der Waals surface area contributed by atoms with E-state index in [1.54, 1.807) is 0 Å². The summed E-state index contributed by atoms with van der Waals surface area (Å²) in [5.41, 5.74) is 0. The van der Waals surface area contributed by atoms with E-state index in [1.807, 2.05) is 39.4 Å². The summed E-state index contributed by atoms with van der Waals surface area (Å²) in [5.74, 6) is 0. The minimum absolute atomic E-state index is 0.639. The minimum atomic E-state index is 0.639. The van der Waals surface area contributed by atoms with Gasteiger partial charge in [-0.1, -0.05) is 34.6 Å². The second kappa shape index (κ2) is 3.84. The van der Waals surface area contributed by atoms with Crippen LogP contribution in [0.4, 0.5) is 0 Å². The molecule has 1 rings (SSSR count). The monoisotopic (exact) mass is 178 g/mol. The molecule has 0 amide bonds. The smallest absolute Gasteiger partial charge is 0.0795 e. The molecular weight excluding hydrogens is 168 g/mol. The average molecular weight is 178 g/mol. The maximum atomic E-state index is 3.76. The molecule has 1 aliphatic rings. The first-order valence-electron chi connectivity index (χ1n) is 2.97. The van der Waals surface area contributed by atoms with Crippen LogP contribution in [-0.2, 0) is 0 Å². The largest absolute Gasteiger partial charge is 0.127 e. The summed E-state index contributed by atoms with van der Waals surface area (Å²) in [7, 11) is 3.92. The summed E-state index contributed by atoms with van der Waals surface area (Å²) >= 11 is 2.02. The van der Waals surface area contributed by atoms with E-state index in [1.165, 1.54) is 6.42 Å². The molecule has 3 heteroatoms. The molecule has 1 fully saturated rings. The molecule has 0 radical (unpaired) electrons. The van der Waals surface area contributed by atoms with Crippen molar-refractivity contribution in [3.8, 4) is 0 Å². The lowest BCUT2D eigenvalue weighted by molar-refractivity contribution is 1.06. The zero-order valence-electron chi connectivity index (χ0n) is 5.37. The zero-order valence-corrected chi connectivity index (χ0v) is 7.82. The normalized spacial score (nSPS) is 34.8. The Morgan fingerprint density at radius 3 is 2.67 bits per heavy atom. The Morgan fingerprint density at radius 2 is 2.33 bits per heavy atom. The van der Waals surface area contributed by atoms with E-state index >= 15 is 0 Å². The third-order valence-electron chi connectivity index (χ3n) is 1.07. The Hall–Kier alpha value is 0.790. The highest BCUT2D eigenvalue weighted by atomic mass is 33.1. The summed E-state index contributed by atoms with van der Waals surface area (Å²) < 4.78 is 1.44. The van der Waals surface area contributed by atoms with Gasteiger partial charge in [-0.25, -0.2) is 0 Å². The van der Waals surface area contributed by atoms with Crippen molar-refractivity contribution in [1.29, 1.82) is 0 Å². The second-order valence-corrected chi connectivity index (χ2v) is 6.33. The van der Waals surface area contributed by atoms with Crippen molar-refractivity contribution in [2.75, 3.05) is 0 Å². The minimum Gasteiger partial charge on any atom is -0.127 e. The number of hydrogen-bond donors (Lipinski definition) is 0. The predicted octanol–water partition coefficient (Wildman–Crippen LogP) is 3.36. The molecule has 2 unspecified atom stereocenters. The van der Waals surface area contributed by atoms with Crippen molar-refractivity contribution >= 4 is 33.3 Å². The lowest BCUT2D eigenvalue weighted by Crippen LogP contribution is -1.89. The molecule has 1 heterocycles. The van der Waals surface area contributed by atoms with Gasteiger partial charge in [-0.2, -0.15) is 0 Å². The fourth-order valence-corrected chi connectivity index (χ4v) is 5.93. The standard InChI is InChI=1S/C6H10S3/c1-3-5-7-6(4-2)9-8-5/h3,5-6H,1,4H2,2H3. The van der Waals surface area contributed by atoms with Crippen molar-refractivity contribution in [1.82, 2.24) is 0 Å². The molecule has 0 saturated carbocycles. The maximum Gasteiger partial charge on any atom is 0.0795 e. The van der Waals surface area contributed by atoms with Crippen LogP contribution in [0.15, 0.2) is 12.7 Å². The van der Waals surface area contributed by atoms with Gasteiger partial charge >= 0.3 is 0 Å². The summed E-state index contributed by atoms with van der Waals surface area (Å²) in [5, 5.41) is 0. The number of rotatable bonds is 2. The first-order chi connectivity index (χ1) is 4.36. The SMILES string of the molecule is C=CC1SSC(CC)S1. The molecule has 0 spiro atoms. The Balaban J connectivity index is 2.28. The van der Waals surface area contributed by atoms with Gasteiger partial charge in [0.2, 0.25) is 0 Å². The summed E-state index contributed by atoms with van der Waals surface area (Å²) in [6.07, 6.45) is 3.30. The van der Waals surface area contributed by atoms with E-state index in [-0.39, 0.29) is 0 Å². The van der Waals surface area contributed by atoms with Gasteiger partial charge in [0.15, 0.2) is 0 Å². The Bertz CT molecular complexity index is 102. The first-order valence-corrected chi connectivity index (χ1v) is 6.19. The Morgan fingerprint density at radius 1 is 1.56 bits per heavy atom. The molecule has 1 aliphatic heterocycles. The van der Waals surface area contributed by atoms with Gasteiger partial charge in [0.1, 0.15) is 0 Å². The maximum absolute atomic E-state index is 3.76. The van der Waals surface area contributed by atoms with Gasteiger partial charge in [-0.05, 0) is 6.42 Å². The van der Waals surface area contributed by atoms with Gasteiger partial charge in [-0.3, -0.25) is 0 Å². The second-order valence-electron chi connectivity index (χ2n) is 1.77. The lowest BCUT2D eigenvalue weighted by Gasteiger charge is -2.00. The van der Waals surface area contributed by atoms with Gasteiger partial charge in [0, 0.05) is 0 Å². The van der Waals surface area contributed by atoms with Crippen LogP contribution in [0.5, 0.6) is 0 Å². The Kier molecular flexibility index (Phi) is 3.37. The van der Waals surface area contributed by atoms with E-state index in [9.17, 15) is 0 Å². The lowest BCUT2D eigenvalue weighted by atomic mass is 10.6. The summed E-state index contributed by atoms with van der Waals surface area (Å²) in [6.45, 7) is 5.99. The third kappa shape index (κ3) is 2.13. The molecule has 1 saturated heterocycles. The van der Waals surface area contributed by atoms with Gasteiger partial charge in [0.05, 0.1) is 9.16 Å². The molecule has 0 bridgehead atoms. The number of hydrogen-bond acceptors (Lipinski definition) is 3. The molecule has 2 atom stereocenters. The predicted molar refractivity (Wildman–Crippen MR) is 50.8 cm³/mol. The fraction of sp³-hybridized carbons (Fsp3) is 0.667. The van der Waals surface area contributed by atoms with Gasteiger partial charge in [0.25, 0.3) is 0 Å². The van der Waals surface area contributed by atoms with Crippen molar-refractivity contribution in [2.24, 2.45) is 0 Å². The van der Waals surface area contributed by atoms with Crippen LogP contribution in [-0.4, -0.2) is 9.16 Å². The van der Waals surface area contributed by atoms with Crippen LogP contribution in [0.3, 0.4) is 0 Å². The van der Waals surface area contributed by atoms with Crippen LogP contribution in [0.1, 0.15) is 13.3 Å². The summed E-state index contributed by atoms with van der Waals surface area (Å²) in [6, 6.07) is 0. The van der Waals surface area contributed by atoms with Crippen molar-refractivity contribution in [3.05, 3.63) is 12.7 Å². The van der Waals surface area contributed by atoms with Crippen LogP contribution in [0.25, 0.3) is 0 Å². The van der Waals surface area contributed by atoms with Crippen LogP contribution in [0.2, 0.25) is 0 Å². The molecule has 0 N–H and O–H groups in total. The molecular formula is C6H10S3. The molecule has 0 nitrogen and oxygen atoms in total. The van der Waals surface area contributed by atoms with E-state index in [0.29, 0.717) is 4.58 Å². The van der Waals surface area contributed by atoms with Crippen LogP contribution < -0.4 is 0 Å².